The number of benzene rings is 1. The van der Waals surface area contributed by atoms with E-state index in [4.69, 9.17) is 4.74 Å². The number of hydrogen-bond acceptors (Lipinski definition) is 5. The van der Waals surface area contributed by atoms with E-state index in [0.717, 1.165) is 38.2 Å². The summed E-state index contributed by atoms with van der Waals surface area (Å²) in [6.07, 6.45) is 1.27. The van der Waals surface area contributed by atoms with Crippen molar-refractivity contribution < 1.29 is 19.0 Å². The van der Waals surface area contributed by atoms with Gasteiger partial charge in [-0.1, -0.05) is 12.1 Å². The van der Waals surface area contributed by atoms with Crippen LogP contribution in [0.1, 0.15) is 12.0 Å². The molecule has 0 radical (unpaired) electrons. The SMILES string of the molecule is O=C(CN1CCCN([C@@H]2COC[C@H]2O)CC1)NCCc1ccc(F)cc1. The van der Waals surface area contributed by atoms with Crippen molar-refractivity contribution >= 4 is 5.91 Å². The van der Waals surface area contributed by atoms with Gasteiger partial charge in [0.15, 0.2) is 0 Å². The molecule has 2 fully saturated rings. The molecule has 2 aliphatic rings. The number of ether oxygens (including phenoxy) is 1. The number of hydrogen-bond donors (Lipinski definition) is 2. The Kier molecular flexibility index (Phi) is 6.96. The molecule has 0 saturated carbocycles. The van der Waals surface area contributed by atoms with E-state index in [1.165, 1.54) is 12.1 Å². The lowest BCUT2D eigenvalue weighted by Gasteiger charge is -2.28. The highest BCUT2D eigenvalue weighted by Gasteiger charge is 2.32. The van der Waals surface area contributed by atoms with Crippen LogP contribution < -0.4 is 5.32 Å². The zero-order chi connectivity index (χ0) is 18.4. The summed E-state index contributed by atoms with van der Waals surface area (Å²) in [5.41, 5.74) is 1.01. The summed E-state index contributed by atoms with van der Waals surface area (Å²) in [6.45, 7) is 5.41. The fourth-order valence-electron chi connectivity index (χ4n) is 3.62. The van der Waals surface area contributed by atoms with Gasteiger partial charge in [-0.25, -0.2) is 4.39 Å². The van der Waals surface area contributed by atoms with E-state index < -0.39 is 6.10 Å². The van der Waals surface area contributed by atoms with E-state index in [0.29, 0.717) is 32.7 Å². The van der Waals surface area contributed by atoms with Crippen molar-refractivity contribution in [2.75, 3.05) is 52.5 Å². The first-order valence-corrected chi connectivity index (χ1v) is 9.35. The van der Waals surface area contributed by atoms with Crippen molar-refractivity contribution in [2.45, 2.75) is 25.0 Å². The third-order valence-corrected chi connectivity index (χ3v) is 5.13. The largest absolute Gasteiger partial charge is 0.389 e. The third-order valence-electron chi connectivity index (χ3n) is 5.13. The van der Waals surface area contributed by atoms with Crippen molar-refractivity contribution in [1.82, 2.24) is 15.1 Å². The normalized spacial score (nSPS) is 25.2. The molecule has 6 nitrogen and oxygen atoms in total. The highest BCUT2D eigenvalue weighted by molar-refractivity contribution is 5.78. The lowest BCUT2D eigenvalue weighted by molar-refractivity contribution is -0.122. The molecule has 3 rings (SSSR count). The molecule has 0 unspecified atom stereocenters. The second-order valence-corrected chi connectivity index (χ2v) is 7.06. The highest BCUT2D eigenvalue weighted by Crippen LogP contribution is 2.15. The van der Waals surface area contributed by atoms with E-state index in [1.54, 1.807) is 12.1 Å². The maximum absolute atomic E-state index is 12.9. The van der Waals surface area contributed by atoms with E-state index in [2.05, 4.69) is 15.1 Å². The van der Waals surface area contributed by atoms with Crippen LogP contribution in [0.15, 0.2) is 24.3 Å². The quantitative estimate of drug-likeness (QED) is 0.757. The number of nitrogens with zero attached hydrogens (tertiary/aromatic N) is 2. The maximum Gasteiger partial charge on any atom is 0.234 e. The number of carbonyl (C=O) groups is 1. The molecule has 1 aromatic rings. The first-order chi connectivity index (χ1) is 12.6. The van der Waals surface area contributed by atoms with Crippen LogP contribution >= 0.6 is 0 Å². The summed E-state index contributed by atoms with van der Waals surface area (Å²) >= 11 is 0. The Labute approximate surface area is 153 Å². The van der Waals surface area contributed by atoms with Gasteiger partial charge in [-0.3, -0.25) is 14.6 Å². The van der Waals surface area contributed by atoms with Crippen molar-refractivity contribution in [3.05, 3.63) is 35.6 Å². The summed E-state index contributed by atoms with van der Waals surface area (Å²) in [6, 6.07) is 6.44. The van der Waals surface area contributed by atoms with Gasteiger partial charge in [0.25, 0.3) is 0 Å². The lowest BCUT2D eigenvalue weighted by atomic mass is 10.1. The van der Waals surface area contributed by atoms with Gasteiger partial charge in [0, 0.05) is 19.6 Å². The summed E-state index contributed by atoms with van der Waals surface area (Å²) in [4.78, 5) is 16.6. The minimum Gasteiger partial charge on any atom is -0.389 e. The van der Waals surface area contributed by atoms with Crippen LogP contribution in [0.25, 0.3) is 0 Å². The van der Waals surface area contributed by atoms with Gasteiger partial charge in [-0.2, -0.15) is 0 Å². The smallest absolute Gasteiger partial charge is 0.234 e. The molecule has 1 amide bonds. The molecule has 2 N–H and O–H groups in total. The van der Waals surface area contributed by atoms with Gasteiger partial charge in [-0.15, -0.1) is 0 Å². The number of rotatable bonds is 6. The zero-order valence-corrected chi connectivity index (χ0v) is 15.1. The van der Waals surface area contributed by atoms with Crippen LogP contribution in [0.2, 0.25) is 0 Å². The van der Waals surface area contributed by atoms with Crippen molar-refractivity contribution in [3.63, 3.8) is 0 Å². The second kappa shape index (κ2) is 9.41. The minimum absolute atomic E-state index is 0.0183. The molecule has 0 aliphatic carbocycles. The molecule has 2 atom stereocenters. The number of nitrogens with one attached hydrogen (secondary N) is 1. The van der Waals surface area contributed by atoms with Crippen LogP contribution in [0.4, 0.5) is 4.39 Å². The highest BCUT2D eigenvalue weighted by atomic mass is 19.1. The Hall–Kier alpha value is -1.54. The fraction of sp³-hybridized carbons (Fsp3) is 0.632. The Morgan fingerprint density at radius 2 is 2.00 bits per heavy atom. The van der Waals surface area contributed by atoms with Crippen LogP contribution in [0.3, 0.4) is 0 Å². The number of amides is 1. The van der Waals surface area contributed by atoms with E-state index in [9.17, 15) is 14.3 Å². The van der Waals surface area contributed by atoms with Gasteiger partial charge >= 0.3 is 0 Å². The van der Waals surface area contributed by atoms with Crippen molar-refractivity contribution in [3.8, 4) is 0 Å². The van der Waals surface area contributed by atoms with Crippen molar-refractivity contribution in [1.29, 1.82) is 0 Å². The maximum atomic E-state index is 12.9. The Morgan fingerprint density at radius 1 is 1.19 bits per heavy atom. The topological polar surface area (TPSA) is 65.0 Å². The molecule has 0 spiro atoms. The Balaban J connectivity index is 1.37. The molecule has 144 valence electrons. The summed E-state index contributed by atoms with van der Waals surface area (Å²) < 4.78 is 18.2. The van der Waals surface area contributed by atoms with Gasteiger partial charge in [0.2, 0.25) is 5.91 Å². The zero-order valence-electron chi connectivity index (χ0n) is 15.1. The molecule has 2 heterocycles. The minimum atomic E-state index is -0.406. The van der Waals surface area contributed by atoms with Crippen LogP contribution in [-0.2, 0) is 16.0 Å². The first kappa shape index (κ1) is 19.2. The molecule has 26 heavy (non-hydrogen) atoms. The number of halogens is 1. The average molecular weight is 365 g/mol. The number of aliphatic hydroxyl groups excluding tert-OH is 1. The van der Waals surface area contributed by atoms with Crippen molar-refractivity contribution in [2.24, 2.45) is 0 Å². The van der Waals surface area contributed by atoms with Crippen LogP contribution in [-0.4, -0.2) is 85.4 Å². The molecular formula is C19H28FN3O3. The molecular weight excluding hydrogens is 337 g/mol. The van der Waals surface area contributed by atoms with Gasteiger partial charge in [0.1, 0.15) is 5.82 Å². The average Bonchev–Trinajstić information content (AvgIpc) is 2.92. The first-order valence-electron chi connectivity index (χ1n) is 9.35. The van der Waals surface area contributed by atoms with Crippen LogP contribution in [0.5, 0.6) is 0 Å². The van der Waals surface area contributed by atoms with E-state index in [-0.39, 0.29) is 17.8 Å². The molecule has 2 saturated heterocycles. The second-order valence-electron chi connectivity index (χ2n) is 7.06. The number of aliphatic hydroxyl groups is 1. The van der Waals surface area contributed by atoms with Gasteiger partial charge in [0.05, 0.1) is 31.9 Å². The Morgan fingerprint density at radius 3 is 2.73 bits per heavy atom. The predicted molar refractivity (Wildman–Crippen MR) is 96.4 cm³/mol. The lowest BCUT2D eigenvalue weighted by Crippen LogP contribution is -2.45. The number of carbonyl (C=O) groups excluding carboxylic acids is 1. The molecule has 2 aliphatic heterocycles. The van der Waals surface area contributed by atoms with E-state index >= 15 is 0 Å². The fourth-order valence-corrected chi connectivity index (χ4v) is 3.62. The Bertz CT molecular complexity index is 584. The molecule has 1 aromatic carbocycles. The summed E-state index contributed by atoms with van der Waals surface area (Å²) in [7, 11) is 0. The monoisotopic (exact) mass is 365 g/mol. The van der Waals surface area contributed by atoms with E-state index in [1.807, 2.05) is 0 Å². The molecule has 0 bridgehead atoms. The standard InChI is InChI=1S/C19H28FN3O3/c20-16-4-2-15(3-5-16)6-7-21-19(25)12-22-8-1-9-23(11-10-22)17-13-26-14-18(17)24/h2-5,17-18,24H,1,6-14H2,(H,21,25)/t17-,18-/m1/s1. The van der Waals surface area contributed by atoms with Gasteiger partial charge in [-0.05, 0) is 43.6 Å². The molecule has 7 heteroatoms. The third kappa shape index (κ3) is 5.48. The van der Waals surface area contributed by atoms with Gasteiger partial charge < -0.3 is 15.2 Å². The summed E-state index contributed by atoms with van der Waals surface area (Å²) in [5, 5.41) is 12.9. The summed E-state index contributed by atoms with van der Waals surface area (Å²) in [5.74, 6) is -0.227. The predicted octanol–water partition coefficient (Wildman–Crippen LogP) is 0.252. The van der Waals surface area contributed by atoms with Crippen LogP contribution in [0, 0.1) is 5.82 Å². The molecule has 0 aromatic heterocycles.